The quantitative estimate of drug-likeness (QED) is 0.641. The van der Waals surface area contributed by atoms with E-state index in [4.69, 9.17) is 34.8 Å². The molecule has 0 N–H and O–H groups in total. The van der Waals surface area contributed by atoms with E-state index < -0.39 is 0 Å². The highest BCUT2D eigenvalue weighted by atomic mass is 35.5. The first-order valence-corrected chi connectivity index (χ1v) is 6.76. The SMILES string of the molecule is CC1(Cc2cccc(Cl)c2Cl)CCC(Cl)C1. The molecular weight excluding hydrogens is 263 g/mol. The van der Waals surface area contributed by atoms with E-state index in [2.05, 4.69) is 13.0 Å². The lowest BCUT2D eigenvalue weighted by Crippen LogP contribution is -2.16. The van der Waals surface area contributed by atoms with Gasteiger partial charge in [-0.1, -0.05) is 42.3 Å². The highest BCUT2D eigenvalue weighted by Gasteiger charge is 2.34. The molecule has 0 radical (unpaired) electrons. The molecule has 2 rings (SSSR count). The molecule has 0 amide bonds. The lowest BCUT2D eigenvalue weighted by atomic mass is 9.82. The predicted molar refractivity (Wildman–Crippen MR) is 71.8 cm³/mol. The summed E-state index contributed by atoms with van der Waals surface area (Å²) < 4.78 is 0. The minimum atomic E-state index is 0.279. The fraction of sp³-hybridized carbons (Fsp3) is 0.538. The zero-order valence-electron chi connectivity index (χ0n) is 9.27. The smallest absolute Gasteiger partial charge is 0.0624 e. The maximum absolute atomic E-state index is 6.21. The second kappa shape index (κ2) is 4.76. The molecule has 1 aromatic carbocycles. The van der Waals surface area contributed by atoms with Crippen LogP contribution in [0.5, 0.6) is 0 Å². The zero-order chi connectivity index (χ0) is 11.8. The molecule has 0 heterocycles. The molecule has 1 fully saturated rings. The van der Waals surface area contributed by atoms with Gasteiger partial charge in [0.25, 0.3) is 0 Å². The van der Waals surface area contributed by atoms with E-state index in [1.807, 2.05) is 12.1 Å². The molecule has 0 nitrogen and oxygen atoms in total. The summed E-state index contributed by atoms with van der Waals surface area (Å²) in [5.74, 6) is 0. The predicted octanol–water partition coefficient (Wildman–Crippen LogP) is 5.33. The van der Waals surface area contributed by atoms with Crippen LogP contribution in [-0.2, 0) is 6.42 Å². The van der Waals surface area contributed by atoms with Crippen molar-refractivity contribution < 1.29 is 0 Å². The van der Waals surface area contributed by atoms with Crippen LogP contribution in [0.2, 0.25) is 10.0 Å². The number of benzene rings is 1. The van der Waals surface area contributed by atoms with Crippen molar-refractivity contribution in [1.82, 2.24) is 0 Å². The molecule has 0 saturated heterocycles. The third-order valence-corrected chi connectivity index (χ3v) is 4.65. The Kier molecular flexibility index (Phi) is 3.73. The number of rotatable bonds is 2. The van der Waals surface area contributed by atoms with Crippen molar-refractivity contribution in [3.8, 4) is 0 Å². The highest BCUT2D eigenvalue weighted by Crippen LogP contribution is 2.44. The van der Waals surface area contributed by atoms with Crippen LogP contribution in [0.4, 0.5) is 0 Å². The summed E-state index contributed by atoms with van der Waals surface area (Å²) in [4.78, 5) is 0. The first-order chi connectivity index (χ1) is 7.50. The van der Waals surface area contributed by atoms with Gasteiger partial charge in [0, 0.05) is 5.38 Å². The number of hydrogen-bond donors (Lipinski definition) is 0. The van der Waals surface area contributed by atoms with Crippen molar-refractivity contribution >= 4 is 34.8 Å². The summed E-state index contributed by atoms with van der Waals surface area (Å²) in [6, 6.07) is 5.84. The zero-order valence-corrected chi connectivity index (χ0v) is 11.5. The van der Waals surface area contributed by atoms with Crippen molar-refractivity contribution in [3.05, 3.63) is 33.8 Å². The van der Waals surface area contributed by atoms with Crippen LogP contribution >= 0.6 is 34.8 Å². The van der Waals surface area contributed by atoms with Crippen molar-refractivity contribution in [3.63, 3.8) is 0 Å². The lowest BCUT2D eigenvalue weighted by molar-refractivity contribution is 0.335. The molecule has 3 heteroatoms. The summed E-state index contributed by atoms with van der Waals surface area (Å²) in [6.07, 6.45) is 4.31. The molecular formula is C13H15Cl3. The number of hydrogen-bond acceptors (Lipinski definition) is 0. The van der Waals surface area contributed by atoms with Gasteiger partial charge in [0.05, 0.1) is 10.0 Å². The van der Waals surface area contributed by atoms with Gasteiger partial charge < -0.3 is 0 Å². The maximum Gasteiger partial charge on any atom is 0.0624 e. The Hall–Kier alpha value is 0.0900. The van der Waals surface area contributed by atoms with Gasteiger partial charge in [0.2, 0.25) is 0 Å². The maximum atomic E-state index is 6.21. The van der Waals surface area contributed by atoms with Gasteiger partial charge in [0.15, 0.2) is 0 Å². The van der Waals surface area contributed by atoms with Gasteiger partial charge in [-0.05, 0) is 42.7 Å². The topological polar surface area (TPSA) is 0 Å². The van der Waals surface area contributed by atoms with E-state index in [-0.39, 0.29) is 5.41 Å². The van der Waals surface area contributed by atoms with Crippen molar-refractivity contribution in [1.29, 1.82) is 0 Å². The summed E-state index contributed by atoms with van der Waals surface area (Å²) >= 11 is 18.4. The Labute approximate surface area is 112 Å². The molecule has 0 spiro atoms. The molecule has 0 aliphatic heterocycles. The molecule has 1 aliphatic carbocycles. The third-order valence-electron chi connectivity index (χ3n) is 3.42. The minimum absolute atomic E-state index is 0.279. The lowest BCUT2D eigenvalue weighted by Gasteiger charge is -2.24. The number of halogens is 3. The van der Waals surface area contributed by atoms with E-state index in [0.29, 0.717) is 15.4 Å². The van der Waals surface area contributed by atoms with Gasteiger partial charge in [-0.15, -0.1) is 11.6 Å². The van der Waals surface area contributed by atoms with Gasteiger partial charge in [-0.2, -0.15) is 0 Å². The van der Waals surface area contributed by atoms with Crippen LogP contribution in [0.3, 0.4) is 0 Å². The van der Waals surface area contributed by atoms with E-state index in [1.54, 1.807) is 0 Å². The summed E-state index contributed by atoms with van der Waals surface area (Å²) in [7, 11) is 0. The van der Waals surface area contributed by atoms with Gasteiger partial charge in [-0.25, -0.2) is 0 Å². The second-order valence-electron chi connectivity index (χ2n) is 5.04. The molecule has 0 bridgehead atoms. The molecule has 2 atom stereocenters. The highest BCUT2D eigenvalue weighted by molar-refractivity contribution is 6.42. The second-order valence-corrected chi connectivity index (χ2v) is 6.44. The molecule has 1 aliphatic rings. The standard InChI is InChI=1S/C13H15Cl3/c1-13(6-5-10(14)8-13)7-9-3-2-4-11(15)12(9)16/h2-4,10H,5-8H2,1H3. The third kappa shape index (κ3) is 2.67. The van der Waals surface area contributed by atoms with Crippen molar-refractivity contribution in [2.45, 2.75) is 38.0 Å². The average Bonchev–Trinajstić information content (AvgIpc) is 2.54. The largest absolute Gasteiger partial charge is 0.123 e. The molecule has 1 aromatic rings. The van der Waals surface area contributed by atoms with Crippen LogP contribution in [-0.4, -0.2) is 5.38 Å². The van der Waals surface area contributed by atoms with Crippen molar-refractivity contribution in [2.24, 2.45) is 5.41 Å². The van der Waals surface area contributed by atoms with Crippen LogP contribution in [0.1, 0.15) is 31.7 Å². The van der Waals surface area contributed by atoms with Crippen molar-refractivity contribution in [2.75, 3.05) is 0 Å². The molecule has 2 unspecified atom stereocenters. The Balaban J connectivity index is 2.18. The van der Waals surface area contributed by atoms with Crippen LogP contribution in [0.25, 0.3) is 0 Å². The summed E-state index contributed by atoms with van der Waals surface area (Å²) in [5.41, 5.74) is 1.42. The molecule has 88 valence electrons. The van der Waals surface area contributed by atoms with Crippen LogP contribution in [0, 0.1) is 5.41 Å². The Morgan fingerprint density at radius 1 is 1.38 bits per heavy atom. The molecule has 1 saturated carbocycles. The van der Waals surface area contributed by atoms with Gasteiger partial charge in [0.1, 0.15) is 0 Å². The Morgan fingerprint density at radius 2 is 2.12 bits per heavy atom. The van der Waals surface area contributed by atoms with E-state index in [9.17, 15) is 0 Å². The number of alkyl halides is 1. The fourth-order valence-corrected chi connectivity index (χ4v) is 3.42. The molecule has 16 heavy (non-hydrogen) atoms. The Morgan fingerprint density at radius 3 is 2.75 bits per heavy atom. The summed E-state index contributed by atoms with van der Waals surface area (Å²) in [6.45, 7) is 2.28. The first-order valence-electron chi connectivity index (χ1n) is 5.57. The summed E-state index contributed by atoms with van der Waals surface area (Å²) in [5, 5.41) is 1.66. The first kappa shape index (κ1) is 12.5. The van der Waals surface area contributed by atoms with Crippen LogP contribution < -0.4 is 0 Å². The average molecular weight is 278 g/mol. The van der Waals surface area contributed by atoms with Gasteiger partial charge in [-0.3, -0.25) is 0 Å². The van der Waals surface area contributed by atoms with E-state index in [1.165, 1.54) is 6.42 Å². The van der Waals surface area contributed by atoms with E-state index in [0.717, 1.165) is 24.8 Å². The normalized spacial score (nSPS) is 29.6. The Bertz CT molecular complexity index is 389. The minimum Gasteiger partial charge on any atom is -0.123 e. The molecule has 0 aromatic heterocycles. The monoisotopic (exact) mass is 276 g/mol. The fourth-order valence-electron chi connectivity index (χ4n) is 2.55. The van der Waals surface area contributed by atoms with Crippen LogP contribution in [0.15, 0.2) is 18.2 Å². The van der Waals surface area contributed by atoms with Gasteiger partial charge >= 0.3 is 0 Å². The van der Waals surface area contributed by atoms with E-state index >= 15 is 0 Å².